The first-order valence-electron chi connectivity index (χ1n) is 12.9. The van der Waals surface area contributed by atoms with Crippen LogP contribution in [0.2, 0.25) is 0 Å². The summed E-state index contributed by atoms with van der Waals surface area (Å²) in [5.41, 5.74) is 0.825. The molecular formula is C30H38F3NO2. The number of carbonyl (C=O) groups is 1. The summed E-state index contributed by atoms with van der Waals surface area (Å²) in [5.74, 6) is -2.30. The van der Waals surface area contributed by atoms with Crippen molar-refractivity contribution in [3.05, 3.63) is 71.3 Å². The van der Waals surface area contributed by atoms with Crippen LogP contribution in [-0.4, -0.2) is 35.6 Å². The Hall–Kier alpha value is -2.60. The molecule has 2 aromatic carbocycles. The number of halogens is 3. The van der Waals surface area contributed by atoms with E-state index in [9.17, 15) is 23.1 Å². The van der Waals surface area contributed by atoms with Crippen molar-refractivity contribution in [2.75, 3.05) is 19.6 Å². The SMILES string of the molecule is CC(C)/C=C/CN1CCC(c2cc(-c3ccccc3)cc(C(CC(C)C)C(=O)O)c2C(F)(F)F)CC1. The van der Waals surface area contributed by atoms with Gasteiger partial charge in [-0.15, -0.1) is 0 Å². The van der Waals surface area contributed by atoms with Crippen LogP contribution in [0.5, 0.6) is 0 Å². The fraction of sp³-hybridized carbons (Fsp3) is 0.500. The monoisotopic (exact) mass is 501 g/mol. The van der Waals surface area contributed by atoms with Gasteiger partial charge in [-0.25, -0.2) is 0 Å². The van der Waals surface area contributed by atoms with Gasteiger partial charge in [-0.05, 0) is 78.4 Å². The van der Waals surface area contributed by atoms with E-state index in [-0.39, 0.29) is 29.4 Å². The highest BCUT2D eigenvalue weighted by Gasteiger charge is 2.41. The lowest BCUT2D eigenvalue weighted by molar-refractivity contribution is -0.142. The van der Waals surface area contributed by atoms with E-state index in [0.29, 0.717) is 37.4 Å². The normalized spacial score (nSPS) is 16.8. The van der Waals surface area contributed by atoms with Gasteiger partial charge >= 0.3 is 12.1 Å². The van der Waals surface area contributed by atoms with Crippen molar-refractivity contribution < 1.29 is 23.1 Å². The van der Waals surface area contributed by atoms with Gasteiger partial charge in [0.15, 0.2) is 0 Å². The van der Waals surface area contributed by atoms with Crippen molar-refractivity contribution in [2.24, 2.45) is 11.8 Å². The second kappa shape index (κ2) is 12.1. The van der Waals surface area contributed by atoms with Crippen molar-refractivity contribution >= 4 is 5.97 Å². The molecule has 36 heavy (non-hydrogen) atoms. The highest BCUT2D eigenvalue weighted by Crippen LogP contribution is 2.46. The van der Waals surface area contributed by atoms with E-state index in [1.54, 1.807) is 6.07 Å². The first kappa shape index (κ1) is 28.0. The third kappa shape index (κ3) is 7.22. The summed E-state index contributed by atoms with van der Waals surface area (Å²) in [6.07, 6.45) is 1.00. The molecule has 6 heteroatoms. The molecule has 1 fully saturated rings. The van der Waals surface area contributed by atoms with Crippen LogP contribution in [-0.2, 0) is 11.0 Å². The number of carboxylic acid groups (broad SMARTS) is 1. The largest absolute Gasteiger partial charge is 0.481 e. The first-order valence-corrected chi connectivity index (χ1v) is 12.9. The molecule has 0 amide bonds. The maximum atomic E-state index is 14.7. The Kier molecular flexibility index (Phi) is 9.40. The number of aliphatic carboxylic acids is 1. The van der Waals surface area contributed by atoms with Crippen LogP contribution in [0.25, 0.3) is 11.1 Å². The van der Waals surface area contributed by atoms with Crippen LogP contribution < -0.4 is 0 Å². The molecule has 1 atom stereocenters. The molecule has 1 N–H and O–H groups in total. The van der Waals surface area contributed by atoms with Gasteiger partial charge in [-0.2, -0.15) is 13.2 Å². The smallest absolute Gasteiger partial charge is 0.416 e. The molecule has 0 aliphatic carbocycles. The molecular weight excluding hydrogens is 463 g/mol. The molecule has 0 saturated carbocycles. The highest BCUT2D eigenvalue weighted by atomic mass is 19.4. The fourth-order valence-electron chi connectivity index (χ4n) is 5.15. The molecule has 1 saturated heterocycles. The molecule has 0 aromatic heterocycles. The quantitative estimate of drug-likeness (QED) is 0.354. The minimum absolute atomic E-state index is 0.0573. The molecule has 1 unspecified atom stereocenters. The zero-order chi connectivity index (χ0) is 26.5. The third-order valence-corrected chi connectivity index (χ3v) is 6.88. The number of allylic oxidation sites excluding steroid dienone is 1. The van der Waals surface area contributed by atoms with Crippen molar-refractivity contribution in [1.29, 1.82) is 0 Å². The van der Waals surface area contributed by atoms with Gasteiger partial charge in [0.05, 0.1) is 11.5 Å². The number of hydrogen-bond acceptors (Lipinski definition) is 2. The first-order chi connectivity index (χ1) is 17.0. The van der Waals surface area contributed by atoms with Gasteiger partial charge in [-0.1, -0.05) is 76.2 Å². The Morgan fingerprint density at radius 3 is 2.22 bits per heavy atom. The summed E-state index contributed by atoms with van der Waals surface area (Å²) in [6, 6.07) is 12.4. The highest BCUT2D eigenvalue weighted by molar-refractivity contribution is 5.79. The molecule has 0 spiro atoms. The van der Waals surface area contributed by atoms with Crippen LogP contribution in [0.4, 0.5) is 13.2 Å². The molecule has 1 aliphatic heterocycles. The second-order valence-corrected chi connectivity index (χ2v) is 10.7. The number of nitrogens with zero attached hydrogens (tertiary/aromatic N) is 1. The molecule has 3 rings (SSSR count). The van der Waals surface area contributed by atoms with E-state index in [4.69, 9.17) is 0 Å². The van der Waals surface area contributed by atoms with E-state index < -0.39 is 23.6 Å². The topological polar surface area (TPSA) is 40.5 Å². The molecule has 196 valence electrons. The lowest BCUT2D eigenvalue weighted by Crippen LogP contribution is -2.34. The molecule has 0 radical (unpaired) electrons. The summed E-state index contributed by atoms with van der Waals surface area (Å²) >= 11 is 0. The average molecular weight is 502 g/mol. The Bertz CT molecular complexity index is 1040. The average Bonchev–Trinajstić information content (AvgIpc) is 2.81. The van der Waals surface area contributed by atoms with Gasteiger partial charge in [0, 0.05) is 6.54 Å². The summed E-state index contributed by atoms with van der Waals surface area (Å²) < 4.78 is 44.0. The predicted molar refractivity (Wildman–Crippen MR) is 139 cm³/mol. The van der Waals surface area contributed by atoms with Gasteiger partial charge in [0.25, 0.3) is 0 Å². The van der Waals surface area contributed by atoms with E-state index in [0.717, 1.165) is 12.1 Å². The molecule has 1 aliphatic rings. The van der Waals surface area contributed by atoms with Crippen LogP contribution in [0, 0.1) is 11.8 Å². The Balaban J connectivity index is 2.09. The van der Waals surface area contributed by atoms with Gasteiger partial charge in [-0.3, -0.25) is 9.69 Å². The molecule has 1 heterocycles. The lowest BCUT2D eigenvalue weighted by Gasteiger charge is -2.34. The number of hydrogen-bond donors (Lipinski definition) is 1. The van der Waals surface area contributed by atoms with E-state index in [1.807, 2.05) is 44.2 Å². The molecule has 3 nitrogen and oxygen atoms in total. The standard InChI is InChI=1S/C30H38F3NO2/c1-20(2)9-8-14-34-15-12-23(13-16-34)25-18-24(22-10-6-5-7-11-22)19-26(28(25)30(31,32)33)27(29(35)36)17-21(3)4/h5-11,18-21,23,27H,12-17H2,1-4H3,(H,35,36)/b9-8+. The van der Waals surface area contributed by atoms with E-state index in [1.165, 1.54) is 6.07 Å². The maximum Gasteiger partial charge on any atom is 0.416 e. The zero-order valence-electron chi connectivity index (χ0n) is 21.7. The maximum absolute atomic E-state index is 14.7. The number of carboxylic acids is 1. The third-order valence-electron chi connectivity index (χ3n) is 6.88. The van der Waals surface area contributed by atoms with Crippen molar-refractivity contribution in [3.8, 4) is 11.1 Å². The van der Waals surface area contributed by atoms with Crippen molar-refractivity contribution in [2.45, 2.75) is 65.0 Å². The summed E-state index contributed by atoms with van der Waals surface area (Å²) in [7, 11) is 0. The molecule has 2 aromatic rings. The number of alkyl halides is 3. The van der Waals surface area contributed by atoms with Crippen molar-refractivity contribution in [3.63, 3.8) is 0 Å². The lowest BCUT2D eigenvalue weighted by atomic mass is 9.78. The zero-order valence-corrected chi connectivity index (χ0v) is 21.7. The van der Waals surface area contributed by atoms with Gasteiger partial charge in [0.2, 0.25) is 0 Å². The van der Waals surface area contributed by atoms with Crippen LogP contribution in [0.3, 0.4) is 0 Å². The van der Waals surface area contributed by atoms with Crippen molar-refractivity contribution in [1.82, 2.24) is 4.90 Å². The minimum Gasteiger partial charge on any atom is -0.481 e. The van der Waals surface area contributed by atoms with E-state index >= 15 is 0 Å². The summed E-state index contributed by atoms with van der Waals surface area (Å²) in [4.78, 5) is 14.5. The predicted octanol–water partition coefficient (Wildman–Crippen LogP) is 7.98. The van der Waals surface area contributed by atoms with Crippen LogP contribution >= 0.6 is 0 Å². The minimum atomic E-state index is -4.64. The van der Waals surface area contributed by atoms with Gasteiger partial charge in [0.1, 0.15) is 0 Å². The Morgan fingerprint density at radius 1 is 1.06 bits per heavy atom. The molecule has 0 bridgehead atoms. The van der Waals surface area contributed by atoms with E-state index in [2.05, 4.69) is 30.9 Å². The summed E-state index contributed by atoms with van der Waals surface area (Å²) in [6.45, 7) is 10.1. The Morgan fingerprint density at radius 2 is 1.69 bits per heavy atom. The second-order valence-electron chi connectivity index (χ2n) is 10.7. The fourth-order valence-corrected chi connectivity index (χ4v) is 5.15. The van der Waals surface area contributed by atoms with Crippen LogP contribution in [0.1, 0.15) is 75.5 Å². The number of benzene rings is 2. The number of rotatable bonds is 9. The Labute approximate surface area is 213 Å². The number of likely N-dealkylation sites (tertiary alicyclic amines) is 1. The van der Waals surface area contributed by atoms with Crippen LogP contribution in [0.15, 0.2) is 54.6 Å². The number of piperidine rings is 1. The van der Waals surface area contributed by atoms with Gasteiger partial charge < -0.3 is 5.11 Å². The summed E-state index contributed by atoms with van der Waals surface area (Å²) in [5, 5.41) is 10.0.